The summed E-state index contributed by atoms with van der Waals surface area (Å²) in [5.41, 5.74) is 4.26. The van der Waals surface area contributed by atoms with Crippen molar-refractivity contribution in [3.05, 3.63) is 81.8 Å². The number of benzene rings is 2. The Morgan fingerprint density at radius 1 is 1.04 bits per heavy atom. The van der Waals surface area contributed by atoms with Crippen LogP contribution in [0.3, 0.4) is 0 Å². The van der Waals surface area contributed by atoms with Crippen molar-refractivity contribution in [1.29, 1.82) is 0 Å². The van der Waals surface area contributed by atoms with Gasteiger partial charge in [0.15, 0.2) is 0 Å². The molecule has 0 aliphatic carbocycles. The maximum atomic E-state index is 12.3. The number of carbonyl (C=O) groups excluding carboxylic acids is 1. The fourth-order valence-electron chi connectivity index (χ4n) is 3.21. The molecule has 3 N–H and O–H groups in total. The summed E-state index contributed by atoms with van der Waals surface area (Å²) in [6.45, 7) is 2.22. The second-order valence-electron chi connectivity index (χ2n) is 6.53. The number of carbonyl (C=O) groups is 1. The number of pyridine rings is 1. The average Bonchev–Trinajstić information content (AvgIpc) is 3.03. The zero-order valence-electron chi connectivity index (χ0n) is 14.4. The van der Waals surface area contributed by atoms with Crippen molar-refractivity contribution in [3.63, 3.8) is 0 Å². The van der Waals surface area contributed by atoms with Crippen LogP contribution in [0.5, 0.6) is 0 Å². The molecule has 1 amide bonds. The van der Waals surface area contributed by atoms with Crippen LogP contribution in [0.2, 0.25) is 0 Å². The van der Waals surface area contributed by atoms with Gasteiger partial charge in [-0.1, -0.05) is 29.8 Å². The lowest BCUT2D eigenvalue weighted by atomic mass is 10.1. The number of fused-ring (bicyclic) bond motifs is 2. The molecule has 0 aliphatic heterocycles. The third-order valence-corrected chi connectivity index (χ3v) is 4.58. The van der Waals surface area contributed by atoms with Crippen molar-refractivity contribution >= 4 is 27.7 Å². The topological polar surface area (TPSA) is 77.8 Å². The van der Waals surface area contributed by atoms with Crippen LogP contribution in [0.25, 0.3) is 21.8 Å². The number of aromatic nitrogens is 2. The lowest BCUT2D eigenvalue weighted by Gasteiger charge is -2.06. The van der Waals surface area contributed by atoms with Crippen molar-refractivity contribution in [1.82, 2.24) is 15.3 Å². The van der Waals surface area contributed by atoms with Gasteiger partial charge < -0.3 is 15.3 Å². The van der Waals surface area contributed by atoms with Gasteiger partial charge >= 0.3 is 0 Å². The molecule has 2 aromatic carbocycles. The Hall–Kier alpha value is -3.34. The summed E-state index contributed by atoms with van der Waals surface area (Å²) < 4.78 is 0. The smallest absolute Gasteiger partial charge is 0.253 e. The van der Waals surface area contributed by atoms with Crippen LogP contribution < -0.4 is 10.9 Å². The maximum absolute atomic E-state index is 12.3. The van der Waals surface area contributed by atoms with Crippen molar-refractivity contribution in [2.45, 2.75) is 19.9 Å². The van der Waals surface area contributed by atoms with Crippen LogP contribution >= 0.6 is 0 Å². The fraction of sp³-hybridized carbons (Fsp3) is 0.143. The van der Waals surface area contributed by atoms with Crippen molar-refractivity contribution in [2.24, 2.45) is 0 Å². The molecule has 0 radical (unpaired) electrons. The highest BCUT2D eigenvalue weighted by atomic mass is 16.1. The largest absolute Gasteiger partial charge is 0.361 e. The van der Waals surface area contributed by atoms with Crippen molar-refractivity contribution in [3.8, 4) is 0 Å². The van der Waals surface area contributed by atoms with Crippen LogP contribution in [0.1, 0.15) is 16.7 Å². The van der Waals surface area contributed by atoms with Gasteiger partial charge in [0.1, 0.15) is 0 Å². The molecule has 2 aromatic heterocycles. The molecule has 130 valence electrons. The predicted octanol–water partition coefficient (Wildman–Crippen LogP) is 3.18. The van der Waals surface area contributed by atoms with E-state index in [1.165, 1.54) is 0 Å². The normalized spacial score (nSPS) is 11.1. The lowest BCUT2D eigenvalue weighted by molar-refractivity contribution is -0.120. The van der Waals surface area contributed by atoms with Crippen LogP contribution in [-0.4, -0.2) is 15.9 Å². The Kier molecular flexibility index (Phi) is 4.05. The molecule has 5 nitrogen and oxygen atoms in total. The predicted molar refractivity (Wildman–Crippen MR) is 103 cm³/mol. The van der Waals surface area contributed by atoms with Crippen LogP contribution in [0.4, 0.5) is 0 Å². The van der Waals surface area contributed by atoms with Gasteiger partial charge in [-0.25, -0.2) is 0 Å². The Balaban J connectivity index is 1.50. The van der Waals surface area contributed by atoms with Crippen LogP contribution in [0, 0.1) is 6.92 Å². The van der Waals surface area contributed by atoms with E-state index in [-0.39, 0.29) is 24.4 Å². The number of amides is 1. The maximum Gasteiger partial charge on any atom is 0.253 e. The number of hydrogen-bond donors (Lipinski definition) is 3. The quantitative estimate of drug-likeness (QED) is 0.531. The minimum atomic E-state index is -0.172. The lowest BCUT2D eigenvalue weighted by Crippen LogP contribution is -2.27. The summed E-state index contributed by atoms with van der Waals surface area (Å²) in [6, 6.07) is 15.6. The highest BCUT2D eigenvalue weighted by Gasteiger charge is 2.10. The summed E-state index contributed by atoms with van der Waals surface area (Å²) in [4.78, 5) is 30.6. The summed E-state index contributed by atoms with van der Waals surface area (Å²) in [5, 5.41) is 4.86. The van der Waals surface area contributed by atoms with Crippen molar-refractivity contribution in [2.75, 3.05) is 0 Å². The van der Waals surface area contributed by atoms with Gasteiger partial charge in [-0.2, -0.15) is 0 Å². The number of para-hydroxylation sites is 1. The number of nitrogens with one attached hydrogen (secondary N) is 3. The van der Waals surface area contributed by atoms with Crippen LogP contribution in [0.15, 0.2) is 59.5 Å². The summed E-state index contributed by atoms with van der Waals surface area (Å²) in [5.74, 6) is -0.113. The second-order valence-corrected chi connectivity index (χ2v) is 6.53. The van der Waals surface area contributed by atoms with Gasteiger partial charge in [-0.15, -0.1) is 0 Å². The molecular weight excluding hydrogens is 326 g/mol. The minimum Gasteiger partial charge on any atom is -0.361 e. The molecule has 0 unspecified atom stereocenters. The molecule has 2 heterocycles. The zero-order valence-corrected chi connectivity index (χ0v) is 14.4. The fourth-order valence-corrected chi connectivity index (χ4v) is 3.21. The third-order valence-electron chi connectivity index (χ3n) is 4.58. The van der Waals surface area contributed by atoms with E-state index in [4.69, 9.17) is 0 Å². The third kappa shape index (κ3) is 3.11. The highest BCUT2D eigenvalue weighted by Crippen LogP contribution is 2.18. The van der Waals surface area contributed by atoms with E-state index in [2.05, 4.69) is 15.3 Å². The SMILES string of the molecule is Cc1ccc2[nH]c(=O)c(CNC(=O)Cc3c[nH]c4ccccc34)cc2c1. The number of hydrogen-bond acceptors (Lipinski definition) is 2. The van der Waals surface area contributed by atoms with Crippen molar-refractivity contribution < 1.29 is 4.79 Å². The van der Waals surface area contributed by atoms with Gasteiger partial charge in [0.2, 0.25) is 5.91 Å². The number of H-pyrrole nitrogens is 2. The molecule has 0 bridgehead atoms. The molecule has 26 heavy (non-hydrogen) atoms. The first-order valence-electron chi connectivity index (χ1n) is 8.54. The Morgan fingerprint density at radius 2 is 1.88 bits per heavy atom. The van der Waals surface area contributed by atoms with E-state index in [0.29, 0.717) is 5.56 Å². The molecular formula is C21H19N3O2. The molecule has 0 saturated heterocycles. The van der Waals surface area contributed by atoms with E-state index in [0.717, 1.165) is 32.9 Å². The monoisotopic (exact) mass is 345 g/mol. The first-order chi connectivity index (χ1) is 12.6. The van der Waals surface area contributed by atoms with Crippen LogP contribution in [-0.2, 0) is 17.8 Å². The van der Waals surface area contributed by atoms with Gasteiger partial charge in [-0.05, 0) is 42.1 Å². The Bertz CT molecular complexity index is 1170. The molecule has 5 heteroatoms. The van der Waals surface area contributed by atoms with E-state index in [1.807, 2.05) is 61.7 Å². The van der Waals surface area contributed by atoms with Gasteiger partial charge in [0.05, 0.1) is 6.42 Å². The minimum absolute atomic E-state index is 0.113. The standard InChI is InChI=1S/C21H19N3O2/c1-13-6-7-18-14(8-13)9-16(21(26)24-18)12-23-20(25)10-15-11-22-19-5-3-2-4-17(15)19/h2-9,11,22H,10,12H2,1H3,(H,23,25)(H,24,26). The molecule has 0 fully saturated rings. The number of rotatable bonds is 4. The molecule has 0 saturated carbocycles. The number of aryl methyl sites for hydroxylation is 1. The second kappa shape index (κ2) is 6.52. The first-order valence-corrected chi connectivity index (χ1v) is 8.54. The molecule has 0 atom stereocenters. The van der Waals surface area contributed by atoms with E-state index < -0.39 is 0 Å². The van der Waals surface area contributed by atoms with E-state index in [9.17, 15) is 9.59 Å². The van der Waals surface area contributed by atoms with E-state index in [1.54, 1.807) is 0 Å². The summed E-state index contributed by atoms with van der Waals surface area (Å²) >= 11 is 0. The Labute approximate surface area is 150 Å². The average molecular weight is 345 g/mol. The zero-order chi connectivity index (χ0) is 18.1. The molecule has 4 rings (SSSR count). The Morgan fingerprint density at radius 3 is 2.77 bits per heavy atom. The molecule has 0 aliphatic rings. The summed E-state index contributed by atoms with van der Waals surface area (Å²) in [7, 11) is 0. The first kappa shape index (κ1) is 16.1. The highest BCUT2D eigenvalue weighted by molar-refractivity contribution is 5.89. The van der Waals surface area contributed by atoms with Gasteiger partial charge in [0.25, 0.3) is 5.56 Å². The molecule has 0 spiro atoms. The number of aromatic amines is 2. The van der Waals surface area contributed by atoms with E-state index >= 15 is 0 Å². The van der Waals surface area contributed by atoms with Gasteiger partial charge in [-0.3, -0.25) is 9.59 Å². The van der Waals surface area contributed by atoms with Gasteiger partial charge in [0, 0.05) is 34.7 Å². The summed E-state index contributed by atoms with van der Waals surface area (Å²) in [6.07, 6.45) is 2.13. The molecule has 4 aromatic rings.